The maximum atomic E-state index is 4.00. The number of rotatable bonds is 6. The third-order valence-electron chi connectivity index (χ3n) is 3.65. The molecule has 1 fully saturated rings. The Morgan fingerprint density at radius 2 is 1.12 bits per heavy atom. The van der Waals surface area contributed by atoms with Gasteiger partial charge in [0.25, 0.3) is 0 Å². The van der Waals surface area contributed by atoms with Crippen molar-refractivity contribution in [3.8, 4) is 0 Å². The van der Waals surface area contributed by atoms with Gasteiger partial charge in [-0.15, -0.1) is 0 Å². The van der Waals surface area contributed by atoms with E-state index >= 15 is 0 Å². The smallest absolute Gasteiger partial charge is 0.0256 e. The van der Waals surface area contributed by atoms with E-state index in [1.165, 1.54) is 36.8 Å². The summed E-state index contributed by atoms with van der Waals surface area (Å²) in [5.74, 6) is 1.66. The summed E-state index contributed by atoms with van der Waals surface area (Å²) in [7, 11) is 0. The van der Waals surface area contributed by atoms with E-state index in [2.05, 4.69) is 26.3 Å². The predicted molar refractivity (Wildman–Crippen MR) is 73.4 cm³/mol. The van der Waals surface area contributed by atoms with Crippen LogP contribution >= 0.6 is 0 Å². The molecular formula is C16H24. The third kappa shape index (κ3) is 4.22. The van der Waals surface area contributed by atoms with Gasteiger partial charge < -0.3 is 0 Å². The summed E-state index contributed by atoms with van der Waals surface area (Å²) in [4.78, 5) is 0. The molecule has 1 saturated carbocycles. The molecule has 0 saturated heterocycles. The van der Waals surface area contributed by atoms with Crippen molar-refractivity contribution in [2.45, 2.75) is 38.5 Å². The SMILES string of the molecule is C=CC(=C)CC1CCC(CC(=C)C=C)CC1. The lowest BCUT2D eigenvalue weighted by Gasteiger charge is -2.28. The van der Waals surface area contributed by atoms with Gasteiger partial charge >= 0.3 is 0 Å². The van der Waals surface area contributed by atoms with Gasteiger partial charge in [0, 0.05) is 0 Å². The van der Waals surface area contributed by atoms with Crippen LogP contribution in [0.25, 0.3) is 0 Å². The van der Waals surface area contributed by atoms with Crippen LogP contribution in [0.15, 0.2) is 49.6 Å². The molecule has 0 bridgehead atoms. The molecule has 1 aliphatic rings. The first-order valence-corrected chi connectivity index (χ1v) is 6.26. The second-order valence-corrected chi connectivity index (χ2v) is 5.02. The molecule has 0 aromatic carbocycles. The Kier molecular flexibility index (Phi) is 5.31. The van der Waals surface area contributed by atoms with E-state index in [4.69, 9.17) is 0 Å². The van der Waals surface area contributed by atoms with Gasteiger partial charge in [-0.2, -0.15) is 0 Å². The molecule has 0 heteroatoms. The highest BCUT2D eigenvalue weighted by Crippen LogP contribution is 2.35. The Balaban J connectivity index is 2.28. The van der Waals surface area contributed by atoms with Crippen molar-refractivity contribution in [3.05, 3.63) is 49.6 Å². The lowest BCUT2D eigenvalue weighted by Crippen LogP contribution is -2.15. The van der Waals surface area contributed by atoms with Crippen LogP contribution in [-0.2, 0) is 0 Å². The van der Waals surface area contributed by atoms with E-state index in [0.717, 1.165) is 24.7 Å². The molecule has 0 atom stereocenters. The average Bonchev–Trinajstić information content (AvgIpc) is 2.31. The summed E-state index contributed by atoms with van der Waals surface area (Å²) in [6, 6.07) is 0. The second kappa shape index (κ2) is 6.52. The van der Waals surface area contributed by atoms with Gasteiger partial charge in [-0.1, -0.05) is 49.6 Å². The van der Waals surface area contributed by atoms with E-state index in [0.29, 0.717) is 0 Å². The Labute approximate surface area is 100 Å². The van der Waals surface area contributed by atoms with Crippen LogP contribution in [0.3, 0.4) is 0 Å². The van der Waals surface area contributed by atoms with Crippen LogP contribution in [0.5, 0.6) is 0 Å². The highest BCUT2D eigenvalue weighted by atomic mass is 14.3. The Bertz CT molecular complexity index is 244. The Morgan fingerprint density at radius 3 is 1.38 bits per heavy atom. The highest BCUT2D eigenvalue weighted by Gasteiger charge is 2.21. The average molecular weight is 216 g/mol. The van der Waals surface area contributed by atoms with Crippen LogP contribution in [0.4, 0.5) is 0 Å². The van der Waals surface area contributed by atoms with Gasteiger partial charge in [-0.25, -0.2) is 0 Å². The summed E-state index contributed by atoms with van der Waals surface area (Å²) in [5.41, 5.74) is 2.39. The third-order valence-corrected chi connectivity index (χ3v) is 3.65. The van der Waals surface area contributed by atoms with Crippen LogP contribution in [-0.4, -0.2) is 0 Å². The molecule has 0 aliphatic heterocycles. The summed E-state index contributed by atoms with van der Waals surface area (Å²) < 4.78 is 0. The standard InChI is InChI=1S/C16H24/c1-5-13(3)11-15-7-9-16(10-8-15)12-14(4)6-2/h5-6,15-16H,1-4,7-12H2. The summed E-state index contributed by atoms with van der Waals surface area (Å²) >= 11 is 0. The van der Waals surface area contributed by atoms with Crippen molar-refractivity contribution < 1.29 is 0 Å². The summed E-state index contributed by atoms with van der Waals surface area (Å²) in [6.07, 6.45) is 11.4. The fraction of sp³-hybridized carbons (Fsp3) is 0.500. The van der Waals surface area contributed by atoms with Crippen LogP contribution in [0.1, 0.15) is 38.5 Å². The number of hydrogen-bond donors (Lipinski definition) is 0. The van der Waals surface area contributed by atoms with E-state index < -0.39 is 0 Å². The zero-order valence-electron chi connectivity index (χ0n) is 10.4. The minimum Gasteiger partial charge on any atom is -0.0988 e. The lowest BCUT2D eigenvalue weighted by atomic mass is 9.77. The van der Waals surface area contributed by atoms with Gasteiger partial charge in [-0.3, -0.25) is 0 Å². The van der Waals surface area contributed by atoms with Gasteiger partial charge in [0.15, 0.2) is 0 Å². The van der Waals surface area contributed by atoms with Gasteiger partial charge in [0.2, 0.25) is 0 Å². The van der Waals surface area contributed by atoms with Crippen molar-refractivity contribution in [1.82, 2.24) is 0 Å². The maximum absolute atomic E-state index is 4.00. The minimum atomic E-state index is 0.832. The van der Waals surface area contributed by atoms with E-state index in [1.807, 2.05) is 12.2 Å². The molecule has 0 N–H and O–H groups in total. The first-order valence-electron chi connectivity index (χ1n) is 6.26. The quantitative estimate of drug-likeness (QED) is 0.544. The van der Waals surface area contributed by atoms with Gasteiger partial charge in [0.1, 0.15) is 0 Å². The molecular weight excluding hydrogens is 192 g/mol. The molecule has 0 aromatic heterocycles. The monoisotopic (exact) mass is 216 g/mol. The van der Waals surface area contributed by atoms with Crippen molar-refractivity contribution in [2.24, 2.45) is 11.8 Å². The van der Waals surface area contributed by atoms with E-state index in [1.54, 1.807) is 0 Å². The van der Waals surface area contributed by atoms with Gasteiger partial charge in [0.05, 0.1) is 0 Å². The Hall–Kier alpha value is -1.04. The summed E-state index contributed by atoms with van der Waals surface area (Å²) in [5, 5.41) is 0. The van der Waals surface area contributed by atoms with Gasteiger partial charge in [-0.05, 0) is 50.4 Å². The normalized spacial score (nSPS) is 24.8. The second-order valence-electron chi connectivity index (χ2n) is 5.02. The highest BCUT2D eigenvalue weighted by molar-refractivity contribution is 5.13. The topological polar surface area (TPSA) is 0 Å². The van der Waals surface area contributed by atoms with E-state index in [9.17, 15) is 0 Å². The van der Waals surface area contributed by atoms with Crippen molar-refractivity contribution >= 4 is 0 Å². The zero-order chi connectivity index (χ0) is 12.0. The largest absolute Gasteiger partial charge is 0.0988 e. The molecule has 88 valence electrons. The molecule has 0 aromatic rings. The molecule has 0 heterocycles. The molecule has 0 unspecified atom stereocenters. The van der Waals surface area contributed by atoms with Crippen LogP contribution in [0.2, 0.25) is 0 Å². The van der Waals surface area contributed by atoms with Crippen molar-refractivity contribution in [2.75, 3.05) is 0 Å². The van der Waals surface area contributed by atoms with E-state index in [-0.39, 0.29) is 0 Å². The molecule has 0 nitrogen and oxygen atoms in total. The molecule has 0 spiro atoms. The molecule has 16 heavy (non-hydrogen) atoms. The fourth-order valence-electron chi connectivity index (χ4n) is 2.55. The number of hydrogen-bond acceptors (Lipinski definition) is 0. The first kappa shape index (κ1) is 13.0. The summed E-state index contributed by atoms with van der Waals surface area (Å²) in [6.45, 7) is 15.5. The minimum absolute atomic E-state index is 0.832. The number of allylic oxidation sites excluding steroid dienone is 4. The maximum Gasteiger partial charge on any atom is -0.0256 e. The zero-order valence-corrected chi connectivity index (χ0v) is 10.4. The predicted octanol–water partition coefficient (Wildman–Crippen LogP) is 5.06. The molecule has 0 amide bonds. The lowest BCUT2D eigenvalue weighted by molar-refractivity contribution is 0.274. The first-order chi connectivity index (χ1) is 7.65. The van der Waals surface area contributed by atoms with Crippen LogP contribution in [0, 0.1) is 11.8 Å². The van der Waals surface area contributed by atoms with Crippen LogP contribution < -0.4 is 0 Å². The molecule has 1 aliphatic carbocycles. The van der Waals surface area contributed by atoms with Crippen molar-refractivity contribution in [1.29, 1.82) is 0 Å². The Morgan fingerprint density at radius 1 is 0.812 bits per heavy atom. The molecule has 0 radical (unpaired) electrons. The van der Waals surface area contributed by atoms with Crippen molar-refractivity contribution in [3.63, 3.8) is 0 Å². The fourth-order valence-corrected chi connectivity index (χ4v) is 2.55. The molecule has 1 rings (SSSR count).